The summed E-state index contributed by atoms with van der Waals surface area (Å²) in [6.45, 7) is 0. The van der Waals surface area contributed by atoms with E-state index in [-0.39, 0.29) is 11.6 Å². The molecule has 1 aliphatic rings. The summed E-state index contributed by atoms with van der Waals surface area (Å²) < 4.78 is 15.8. The Morgan fingerprint density at radius 2 is 1.72 bits per heavy atom. The number of anilines is 2. The van der Waals surface area contributed by atoms with E-state index < -0.39 is 0 Å². The van der Waals surface area contributed by atoms with Crippen LogP contribution in [0.5, 0.6) is 17.2 Å². The lowest BCUT2D eigenvalue weighted by Crippen LogP contribution is -2.15. The summed E-state index contributed by atoms with van der Waals surface area (Å²) in [5, 5.41) is 6.02. The van der Waals surface area contributed by atoms with Crippen LogP contribution in [0.4, 0.5) is 11.5 Å². The van der Waals surface area contributed by atoms with Gasteiger partial charge in [0.25, 0.3) is 5.91 Å². The first kappa shape index (κ1) is 16.8. The van der Waals surface area contributed by atoms with Gasteiger partial charge in [-0.15, -0.1) is 0 Å². The van der Waals surface area contributed by atoms with E-state index in [1.54, 1.807) is 18.2 Å². The van der Waals surface area contributed by atoms with Crippen molar-refractivity contribution in [3.8, 4) is 17.2 Å². The molecular weight excluding hydrogens is 324 g/mol. The third-order valence-electron chi connectivity index (χ3n) is 3.75. The van der Waals surface area contributed by atoms with Crippen molar-refractivity contribution in [2.45, 2.75) is 18.9 Å². The van der Waals surface area contributed by atoms with E-state index in [1.165, 1.54) is 27.7 Å². The average Bonchev–Trinajstić information content (AvgIpc) is 3.44. The highest BCUT2D eigenvalue weighted by Crippen LogP contribution is 2.40. The van der Waals surface area contributed by atoms with Gasteiger partial charge in [-0.1, -0.05) is 0 Å². The number of ether oxygens (including phenoxy) is 3. The van der Waals surface area contributed by atoms with Gasteiger partial charge < -0.3 is 24.8 Å². The molecule has 2 N–H and O–H groups in total. The Morgan fingerprint density at radius 1 is 1.04 bits per heavy atom. The van der Waals surface area contributed by atoms with Crippen molar-refractivity contribution < 1.29 is 19.0 Å². The van der Waals surface area contributed by atoms with Crippen molar-refractivity contribution in [1.29, 1.82) is 0 Å². The van der Waals surface area contributed by atoms with Gasteiger partial charge in [0.15, 0.2) is 11.5 Å². The second kappa shape index (κ2) is 7.25. The van der Waals surface area contributed by atoms with Crippen molar-refractivity contribution in [2.75, 3.05) is 32.0 Å². The molecule has 0 spiro atoms. The fraction of sp³-hybridized carbons (Fsp3) is 0.353. The lowest BCUT2D eigenvalue weighted by molar-refractivity contribution is 0.102. The molecule has 0 radical (unpaired) electrons. The van der Waals surface area contributed by atoms with Crippen molar-refractivity contribution >= 4 is 17.4 Å². The summed E-state index contributed by atoms with van der Waals surface area (Å²) in [4.78, 5) is 20.6. The highest BCUT2D eigenvalue weighted by atomic mass is 16.5. The molecule has 1 heterocycles. The third-order valence-corrected chi connectivity index (χ3v) is 3.75. The van der Waals surface area contributed by atoms with Gasteiger partial charge in [-0.3, -0.25) is 4.79 Å². The van der Waals surface area contributed by atoms with Crippen LogP contribution < -0.4 is 24.8 Å². The van der Waals surface area contributed by atoms with Gasteiger partial charge in [0.1, 0.15) is 17.8 Å². The summed E-state index contributed by atoms with van der Waals surface area (Å²) in [7, 11) is 4.56. The van der Waals surface area contributed by atoms with Gasteiger partial charge >= 0.3 is 0 Å². The second-order valence-corrected chi connectivity index (χ2v) is 5.58. The molecular formula is C17H20N4O4. The first-order valence-corrected chi connectivity index (χ1v) is 7.84. The molecule has 1 fully saturated rings. The van der Waals surface area contributed by atoms with E-state index in [0.29, 0.717) is 34.8 Å². The smallest absolute Gasteiger partial charge is 0.274 e. The highest BCUT2D eigenvalue weighted by molar-refractivity contribution is 6.03. The quantitative estimate of drug-likeness (QED) is 0.796. The highest BCUT2D eigenvalue weighted by Gasteiger charge is 2.22. The lowest BCUT2D eigenvalue weighted by Gasteiger charge is -2.14. The number of hydrogen-bond donors (Lipinski definition) is 2. The van der Waals surface area contributed by atoms with Crippen molar-refractivity contribution in [1.82, 2.24) is 9.97 Å². The van der Waals surface area contributed by atoms with Gasteiger partial charge in [-0.05, 0) is 12.8 Å². The summed E-state index contributed by atoms with van der Waals surface area (Å²) in [6.07, 6.45) is 3.61. The van der Waals surface area contributed by atoms with Gasteiger partial charge in [-0.25, -0.2) is 9.97 Å². The van der Waals surface area contributed by atoms with Gasteiger partial charge in [0.2, 0.25) is 5.75 Å². The normalized spacial score (nSPS) is 13.1. The van der Waals surface area contributed by atoms with E-state index in [4.69, 9.17) is 14.2 Å². The molecule has 1 aliphatic carbocycles. The zero-order chi connectivity index (χ0) is 17.8. The van der Waals surface area contributed by atoms with Crippen LogP contribution in [0.2, 0.25) is 0 Å². The van der Waals surface area contributed by atoms with Gasteiger partial charge in [0.05, 0.1) is 21.3 Å². The number of aromatic nitrogens is 2. The first-order chi connectivity index (χ1) is 12.1. The number of benzene rings is 1. The Kier molecular flexibility index (Phi) is 4.87. The predicted molar refractivity (Wildman–Crippen MR) is 92.7 cm³/mol. The molecule has 0 aliphatic heterocycles. The summed E-state index contributed by atoms with van der Waals surface area (Å²) in [6, 6.07) is 5.39. The minimum absolute atomic E-state index is 0.270. The maximum absolute atomic E-state index is 12.5. The summed E-state index contributed by atoms with van der Waals surface area (Å²) >= 11 is 0. The SMILES string of the molecule is COc1cc(NC(=O)c2cc(NC3CC3)ncn2)cc(OC)c1OC. The second-order valence-electron chi connectivity index (χ2n) is 5.58. The van der Waals surface area contributed by atoms with Crippen LogP contribution in [0, 0.1) is 0 Å². The first-order valence-electron chi connectivity index (χ1n) is 7.84. The molecule has 3 rings (SSSR count). The van der Waals surface area contributed by atoms with Crippen LogP contribution >= 0.6 is 0 Å². The zero-order valence-corrected chi connectivity index (χ0v) is 14.3. The number of carbonyl (C=O) groups excluding carboxylic acids is 1. The monoisotopic (exact) mass is 344 g/mol. The summed E-state index contributed by atoms with van der Waals surface area (Å²) in [5.41, 5.74) is 0.779. The molecule has 1 aromatic carbocycles. The molecule has 0 bridgehead atoms. The van der Waals surface area contributed by atoms with E-state index in [2.05, 4.69) is 20.6 Å². The van der Waals surface area contributed by atoms with E-state index in [0.717, 1.165) is 12.8 Å². The van der Waals surface area contributed by atoms with Crippen LogP contribution in [0.15, 0.2) is 24.5 Å². The molecule has 1 aromatic heterocycles. The lowest BCUT2D eigenvalue weighted by atomic mass is 10.2. The number of rotatable bonds is 7. The molecule has 8 nitrogen and oxygen atoms in total. The molecule has 0 saturated heterocycles. The fourth-order valence-corrected chi connectivity index (χ4v) is 2.35. The number of nitrogens with zero attached hydrogens (tertiary/aromatic N) is 2. The van der Waals surface area contributed by atoms with Crippen molar-refractivity contribution in [2.24, 2.45) is 0 Å². The maximum atomic E-state index is 12.5. The van der Waals surface area contributed by atoms with Crippen LogP contribution in [0.25, 0.3) is 0 Å². The van der Waals surface area contributed by atoms with Gasteiger partial charge in [0, 0.05) is 29.9 Å². The average molecular weight is 344 g/mol. The predicted octanol–water partition coefficient (Wildman–Crippen LogP) is 2.33. The van der Waals surface area contributed by atoms with Crippen LogP contribution in [-0.2, 0) is 0 Å². The molecule has 1 amide bonds. The number of amides is 1. The van der Waals surface area contributed by atoms with E-state index in [1.807, 2.05) is 0 Å². The van der Waals surface area contributed by atoms with E-state index >= 15 is 0 Å². The topological polar surface area (TPSA) is 94.6 Å². The number of hydrogen-bond acceptors (Lipinski definition) is 7. The minimum atomic E-state index is -0.351. The maximum Gasteiger partial charge on any atom is 0.274 e. The zero-order valence-electron chi connectivity index (χ0n) is 14.3. The molecule has 0 unspecified atom stereocenters. The molecule has 1 saturated carbocycles. The van der Waals surface area contributed by atoms with Crippen LogP contribution in [0.3, 0.4) is 0 Å². The fourth-order valence-electron chi connectivity index (χ4n) is 2.35. The summed E-state index contributed by atoms with van der Waals surface area (Å²) in [5.74, 6) is 1.66. The Bertz CT molecular complexity index is 752. The number of methoxy groups -OCH3 is 3. The molecule has 2 aromatic rings. The molecule has 25 heavy (non-hydrogen) atoms. The Labute approximate surface area is 145 Å². The van der Waals surface area contributed by atoms with Gasteiger partial charge in [-0.2, -0.15) is 0 Å². The Morgan fingerprint density at radius 3 is 2.28 bits per heavy atom. The number of nitrogens with one attached hydrogen (secondary N) is 2. The van der Waals surface area contributed by atoms with Crippen LogP contribution in [0.1, 0.15) is 23.3 Å². The number of carbonyl (C=O) groups is 1. The molecule has 8 heteroatoms. The van der Waals surface area contributed by atoms with E-state index in [9.17, 15) is 4.79 Å². The molecule has 0 atom stereocenters. The molecule has 132 valence electrons. The largest absolute Gasteiger partial charge is 0.493 e. The van der Waals surface area contributed by atoms with Crippen molar-refractivity contribution in [3.63, 3.8) is 0 Å². The Hall–Kier alpha value is -3.03. The van der Waals surface area contributed by atoms with Crippen molar-refractivity contribution in [3.05, 3.63) is 30.2 Å². The third kappa shape index (κ3) is 3.90. The Balaban J connectivity index is 1.80. The standard InChI is InChI=1S/C17H20N4O4/c1-23-13-6-11(7-14(24-2)16(13)25-3)21-17(22)12-8-15(19-9-18-12)20-10-4-5-10/h6-10H,4-5H2,1-3H3,(H,21,22)(H,18,19,20). The minimum Gasteiger partial charge on any atom is -0.493 e. The van der Waals surface area contributed by atoms with Crippen LogP contribution in [-0.4, -0.2) is 43.2 Å².